The van der Waals surface area contributed by atoms with E-state index in [-0.39, 0.29) is 12.6 Å². The molecule has 1 heterocycles. The molecule has 1 atom stereocenters. The van der Waals surface area contributed by atoms with Crippen LogP contribution in [0.25, 0.3) is 0 Å². The molecule has 3 rings (SSSR count). The topological polar surface area (TPSA) is 62.2 Å². The Balaban J connectivity index is 1.38. The zero-order chi connectivity index (χ0) is 19.8. The van der Waals surface area contributed by atoms with Crippen LogP contribution < -0.4 is 14.4 Å². The van der Waals surface area contributed by atoms with Crippen LogP contribution in [0.5, 0.6) is 11.5 Å². The molecule has 1 aliphatic heterocycles. The van der Waals surface area contributed by atoms with Gasteiger partial charge < -0.3 is 19.5 Å². The number of ether oxygens (including phenoxy) is 2. The molecule has 2 aromatic carbocycles. The van der Waals surface area contributed by atoms with E-state index in [4.69, 9.17) is 9.47 Å². The molecular weight excluding hydrogens is 356 g/mol. The van der Waals surface area contributed by atoms with E-state index in [1.165, 1.54) is 5.69 Å². The van der Waals surface area contributed by atoms with Gasteiger partial charge in [0, 0.05) is 44.8 Å². The van der Waals surface area contributed by atoms with E-state index in [2.05, 4.69) is 34.1 Å². The van der Waals surface area contributed by atoms with Crippen molar-refractivity contribution in [2.45, 2.75) is 19.4 Å². The van der Waals surface area contributed by atoms with Crippen molar-refractivity contribution in [2.75, 3.05) is 44.2 Å². The highest BCUT2D eigenvalue weighted by Gasteiger charge is 2.19. The zero-order valence-electron chi connectivity index (χ0n) is 16.3. The van der Waals surface area contributed by atoms with Crippen LogP contribution in [0.1, 0.15) is 13.3 Å². The number of hydrogen-bond acceptors (Lipinski definition) is 6. The average Bonchev–Trinajstić information content (AvgIpc) is 2.74. The molecule has 1 unspecified atom stereocenters. The minimum Gasteiger partial charge on any atom is -0.491 e. The van der Waals surface area contributed by atoms with Gasteiger partial charge in [-0.05, 0) is 36.4 Å². The molecule has 0 saturated carbocycles. The van der Waals surface area contributed by atoms with Crippen molar-refractivity contribution in [3.63, 3.8) is 0 Å². The first-order valence-electron chi connectivity index (χ1n) is 9.78. The number of piperazine rings is 1. The van der Waals surface area contributed by atoms with Crippen LogP contribution in [0, 0.1) is 0 Å². The monoisotopic (exact) mass is 384 g/mol. The molecule has 2 aromatic rings. The van der Waals surface area contributed by atoms with Crippen LogP contribution in [0.2, 0.25) is 0 Å². The van der Waals surface area contributed by atoms with Crippen molar-refractivity contribution < 1.29 is 19.4 Å². The number of anilines is 1. The van der Waals surface area contributed by atoms with E-state index in [9.17, 15) is 9.90 Å². The summed E-state index contributed by atoms with van der Waals surface area (Å²) in [7, 11) is 0. The summed E-state index contributed by atoms with van der Waals surface area (Å²) < 4.78 is 10.8. The molecule has 0 aliphatic carbocycles. The van der Waals surface area contributed by atoms with Gasteiger partial charge in [0.1, 0.15) is 24.2 Å². The van der Waals surface area contributed by atoms with E-state index in [1.54, 1.807) is 31.2 Å². The Bertz CT molecular complexity index is 728. The summed E-state index contributed by atoms with van der Waals surface area (Å²) in [5, 5.41) is 10.3. The molecule has 1 fully saturated rings. The van der Waals surface area contributed by atoms with E-state index < -0.39 is 6.10 Å². The molecule has 1 aliphatic rings. The molecule has 1 N–H and O–H groups in total. The standard InChI is InChI=1S/C22H28N2O4/c1-2-22(26)28-21-10-8-20(9-11-21)27-17-19(25)16-23-12-14-24(15-13-23)18-6-4-3-5-7-18/h3-11,19,25H,2,12-17H2,1H3. The normalized spacial score (nSPS) is 15.9. The Kier molecular flexibility index (Phi) is 7.28. The van der Waals surface area contributed by atoms with Crippen molar-refractivity contribution in [3.8, 4) is 11.5 Å². The van der Waals surface area contributed by atoms with Crippen molar-refractivity contribution in [2.24, 2.45) is 0 Å². The quantitative estimate of drug-likeness (QED) is 0.558. The minimum absolute atomic E-state index is 0.229. The molecule has 0 bridgehead atoms. The first kappa shape index (κ1) is 20.2. The number of β-amino-alcohol motifs (C(OH)–C–C–N with tert-alkyl or cyclic N) is 1. The lowest BCUT2D eigenvalue weighted by Crippen LogP contribution is -2.49. The van der Waals surface area contributed by atoms with Crippen LogP contribution in [-0.2, 0) is 4.79 Å². The summed E-state index contributed by atoms with van der Waals surface area (Å²) in [6, 6.07) is 17.3. The number of carbonyl (C=O) groups is 1. The van der Waals surface area contributed by atoms with Crippen molar-refractivity contribution in [1.82, 2.24) is 4.90 Å². The lowest BCUT2D eigenvalue weighted by atomic mass is 10.2. The Hall–Kier alpha value is -2.57. The van der Waals surface area contributed by atoms with Gasteiger partial charge in [-0.3, -0.25) is 9.69 Å². The number of para-hydroxylation sites is 1. The number of aliphatic hydroxyl groups excluding tert-OH is 1. The summed E-state index contributed by atoms with van der Waals surface area (Å²) >= 11 is 0. The van der Waals surface area contributed by atoms with Gasteiger partial charge in [0.05, 0.1) is 0 Å². The van der Waals surface area contributed by atoms with Gasteiger partial charge in [-0.2, -0.15) is 0 Å². The molecule has 0 radical (unpaired) electrons. The largest absolute Gasteiger partial charge is 0.491 e. The van der Waals surface area contributed by atoms with Gasteiger partial charge in [0.15, 0.2) is 0 Å². The second-order valence-electron chi connectivity index (χ2n) is 6.89. The van der Waals surface area contributed by atoms with Crippen LogP contribution in [-0.4, -0.2) is 61.4 Å². The SMILES string of the molecule is CCC(=O)Oc1ccc(OCC(O)CN2CCN(c3ccccc3)CC2)cc1. The fraction of sp³-hybridized carbons (Fsp3) is 0.409. The van der Waals surface area contributed by atoms with Crippen LogP contribution in [0.3, 0.4) is 0 Å². The smallest absolute Gasteiger partial charge is 0.310 e. The number of benzene rings is 2. The highest BCUT2D eigenvalue weighted by atomic mass is 16.5. The number of aliphatic hydroxyl groups is 1. The fourth-order valence-corrected chi connectivity index (χ4v) is 3.18. The maximum absolute atomic E-state index is 11.3. The fourth-order valence-electron chi connectivity index (χ4n) is 3.18. The van der Waals surface area contributed by atoms with E-state index in [0.717, 1.165) is 26.2 Å². The van der Waals surface area contributed by atoms with E-state index in [1.807, 2.05) is 6.07 Å². The Morgan fingerprint density at radius 2 is 1.64 bits per heavy atom. The maximum atomic E-state index is 11.3. The summed E-state index contributed by atoms with van der Waals surface area (Å²) in [6.45, 7) is 6.32. The number of hydrogen-bond donors (Lipinski definition) is 1. The molecular formula is C22H28N2O4. The third-order valence-electron chi connectivity index (χ3n) is 4.75. The third-order valence-corrected chi connectivity index (χ3v) is 4.75. The zero-order valence-corrected chi connectivity index (χ0v) is 16.3. The minimum atomic E-state index is -0.555. The van der Waals surface area contributed by atoms with Gasteiger partial charge in [0.2, 0.25) is 0 Å². The second-order valence-corrected chi connectivity index (χ2v) is 6.89. The molecule has 6 nitrogen and oxygen atoms in total. The lowest BCUT2D eigenvalue weighted by molar-refractivity contribution is -0.134. The van der Waals surface area contributed by atoms with Crippen LogP contribution in [0.4, 0.5) is 5.69 Å². The highest BCUT2D eigenvalue weighted by Crippen LogP contribution is 2.19. The predicted octanol–water partition coefficient (Wildman–Crippen LogP) is 2.56. The number of carbonyl (C=O) groups excluding carboxylic acids is 1. The summed E-state index contributed by atoms with van der Waals surface area (Å²) in [4.78, 5) is 15.9. The van der Waals surface area contributed by atoms with Crippen molar-refractivity contribution in [3.05, 3.63) is 54.6 Å². The predicted molar refractivity (Wildman–Crippen MR) is 109 cm³/mol. The molecule has 1 saturated heterocycles. The highest BCUT2D eigenvalue weighted by molar-refractivity contribution is 5.71. The first-order chi connectivity index (χ1) is 13.6. The number of nitrogens with zero attached hydrogens (tertiary/aromatic N) is 2. The average molecular weight is 384 g/mol. The van der Waals surface area contributed by atoms with Gasteiger partial charge >= 0.3 is 5.97 Å². The lowest BCUT2D eigenvalue weighted by Gasteiger charge is -2.36. The molecule has 0 amide bonds. The molecule has 6 heteroatoms. The molecule has 150 valence electrons. The van der Waals surface area contributed by atoms with Gasteiger partial charge in [0.25, 0.3) is 0 Å². The van der Waals surface area contributed by atoms with Gasteiger partial charge in [-0.25, -0.2) is 0 Å². The van der Waals surface area contributed by atoms with Crippen LogP contribution >= 0.6 is 0 Å². The first-order valence-corrected chi connectivity index (χ1v) is 9.78. The molecule has 0 aromatic heterocycles. The van der Waals surface area contributed by atoms with Gasteiger partial charge in [-0.15, -0.1) is 0 Å². The molecule has 28 heavy (non-hydrogen) atoms. The third kappa shape index (κ3) is 5.97. The number of esters is 1. The maximum Gasteiger partial charge on any atom is 0.310 e. The summed E-state index contributed by atoms with van der Waals surface area (Å²) in [5.41, 5.74) is 1.25. The summed E-state index contributed by atoms with van der Waals surface area (Å²) in [5.74, 6) is 0.872. The van der Waals surface area contributed by atoms with Crippen molar-refractivity contribution >= 4 is 11.7 Å². The van der Waals surface area contributed by atoms with Crippen molar-refractivity contribution in [1.29, 1.82) is 0 Å². The Labute approximate surface area is 166 Å². The van der Waals surface area contributed by atoms with Gasteiger partial charge in [-0.1, -0.05) is 25.1 Å². The molecule has 0 spiro atoms. The second kappa shape index (κ2) is 10.1. The van der Waals surface area contributed by atoms with E-state index >= 15 is 0 Å². The summed E-state index contributed by atoms with van der Waals surface area (Å²) in [6.07, 6.45) is -0.217. The van der Waals surface area contributed by atoms with E-state index in [0.29, 0.717) is 24.5 Å². The van der Waals surface area contributed by atoms with Crippen LogP contribution in [0.15, 0.2) is 54.6 Å². The number of rotatable bonds is 8. The Morgan fingerprint density at radius 3 is 2.29 bits per heavy atom. The Morgan fingerprint density at radius 1 is 1.00 bits per heavy atom.